The van der Waals surface area contributed by atoms with Crippen LogP contribution in [0.2, 0.25) is 0 Å². The highest BCUT2D eigenvalue weighted by Gasteiger charge is 2.35. The van der Waals surface area contributed by atoms with Crippen LogP contribution in [0.3, 0.4) is 0 Å². The number of nitrogens with one attached hydrogen (secondary N) is 3. The third-order valence-electron chi connectivity index (χ3n) is 3.44. The molecule has 0 saturated carbocycles. The highest BCUT2D eigenvalue weighted by molar-refractivity contribution is 5.96. The molecule has 3 N–H and O–H groups in total. The van der Waals surface area contributed by atoms with Crippen molar-refractivity contribution in [1.29, 1.82) is 0 Å². The van der Waals surface area contributed by atoms with E-state index in [1.54, 1.807) is 21.1 Å². The molecule has 9 nitrogen and oxygen atoms in total. The van der Waals surface area contributed by atoms with Gasteiger partial charge in [-0.15, -0.1) is 0 Å². The van der Waals surface area contributed by atoms with Gasteiger partial charge in [0.1, 0.15) is 16.9 Å². The van der Waals surface area contributed by atoms with E-state index < -0.39 is 9.85 Å². The Morgan fingerprint density at radius 1 is 0.864 bits per heavy atom. The zero-order valence-electron chi connectivity index (χ0n) is 13.1. The molecular weight excluding hydrogens is 290 g/mol. The second-order valence-electron chi connectivity index (χ2n) is 4.67. The average Bonchev–Trinajstić information content (AvgIpc) is 2.49. The third kappa shape index (κ3) is 3.02. The molecule has 1 rings (SSSR count). The van der Waals surface area contributed by atoms with Gasteiger partial charge in [0.2, 0.25) is 0 Å². The first-order chi connectivity index (χ1) is 10.4. The molecule has 1 aromatic rings. The van der Waals surface area contributed by atoms with Crippen LogP contribution in [0.25, 0.3) is 0 Å². The summed E-state index contributed by atoms with van der Waals surface area (Å²) in [6.07, 6.45) is 1.69. The zero-order valence-corrected chi connectivity index (χ0v) is 13.1. The van der Waals surface area contributed by atoms with E-state index in [1.165, 1.54) is 0 Å². The lowest BCUT2D eigenvalue weighted by Gasteiger charge is -2.17. The van der Waals surface area contributed by atoms with Gasteiger partial charge in [-0.05, 0) is 12.8 Å². The Hall–Kier alpha value is -2.58. The van der Waals surface area contributed by atoms with Crippen LogP contribution in [0.5, 0.6) is 0 Å². The maximum absolute atomic E-state index is 11.5. The molecule has 0 spiro atoms. The van der Waals surface area contributed by atoms with Crippen molar-refractivity contribution < 1.29 is 9.85 Å². The summed E-state index contributed by atoms with van der Waals surface area (Å²) in [5.74, 6) is 0. The Balaban J connectivity index is 3.89. The minimum atomic E-state index is -0.565. The normalized spacial score (nSPS) is 10.2. The molecule has 0 aliphatic rings. The molecule has 0 amide bonds. The summed E-state index contributed by atoms with van der Waals surface area (Å²) in [5.41, 5.74) is 0.451. The van der Waals surface area contributed by atoms with Crippen LogP contribution in [0.1, 0.15) is 25.3 Å². The minimum Gasteiger partial charge on any atom is -0.384 e. The van der Waals surface area contributed by atoms with Gasteiger partial charge in [0.05, 0.1) is 15.5 Å². The van der Waals surface area contributed by atoms with Crippen LogP contribution in [-0.4, -0.2) is 31.0 Å². The van der Waals surface area contributed by atoms with Gasteiger partial charge in [-0.2, -0.15) is 0 Å². The van der Waals surface area contributed by atoms with E-state index in [2.05, 4.69) is 16.0 Å². The van der Waals surface area contributed by atoms with E-state index in [4.69, 9.17) is 0 Å². The number of benzene rings is 1. The summed E-state index contributed by atoms with van der Waals surface area (Å²) >= 11 is 0. The van der Waals surface area contributed by atoms with Gasteiger partial charge in [-0.1, -0.05) is 13.3 Å². The van der Waals surface area contributed by atoms with E-state index in [0.29, 0.717) is 12.1 Å². The van der Waals surface area contributed by atoms with E-state index in [9.17, 15) is 20.2 Å². The van der Waals surface area contributed by atoms with Gasteiger partial charge in [0.25, 0.3) is 0 Å². The Bertz CT molecular complexity index is 545. The molecule has 0 bridgehead atoms. The second kappa shape index (κ2) is 7.43. The molecule has 9 heteroatoms. The van der Waals surface area contributed by atoms with Crippen LogP contribution in [0.15, 0.2) is 0 Å². The van der Waals surface area contributed by atoms with Crippen LogP contribution in [-0.2, 0) is 6.42 Å². The lowest BCUT2D eigenvalue weighted by Crippen LogP contribution is -2.11. The lowest BCUT2D eigenvalue weighted by molar-refractivity contribution is -0.394. The molecule has 0 aromatic heterocycles. The van der Waals surface area contributed by atoms with E-state index in [-0.39, 0.29) is 34.7 Å². The number of anilines is 3. The number of nitro benzene ring substituents is 2. The smallest absolute Gasteiger partial charge is 0.304 e. The fourth-order valence-corrected chi connectivity index (χ4v) is 2.51. The van der Waals surface area contributed by atoms with Gasteiger partial charge in [0.15, 0.2) is 0 Å². The van der Waals surface area contributed by atoms with Crippen molar-refractivity contribution >= 4 is 28.4 Å². The van der Waals surface area contributed by atoms with Crippen molar-refractivity contribution in [3.8, 4) is 0 Å². The van der Waals surface area contributed by atoms with Crippen LogP contribution < -0.4 is 16.0 Å². The molecule has 0 radical (unpaired) electrons. The Labute approximate surface area is 128 Å². The summed E-state index contributed by atoms with van der Waals surface area (Å²) in [7, 11) is 4.67. The highest BCUT2D eigenvalue weighted by Crippen LogP contribution is 2.48. The first kappa shape index (κ1) is 17.5. The minimum absolute atomic E-state index is 0.143. The highest BCUT2D eigenvalue weighted by atomic mass is 16.6. The van der Waals surface area contributed by atoms with E-state index in [1.807, 2.05) is 6.92 Å². The van der Waals surface area contributed by atoms with E-state index >= 15 is 0 Å². The summed E-state index contributed by atoms with van der Waals surface area (Å²) < 4.78 is 0. The van der Waals surface area contributed by atoms with Gasteiger partial charge in [-0.3, -0.25) is 20.2 Å². The van der Waals surface area contributed by atoms with Crippen LogP contribution in [0, 0.1) is 20.2 Å². The van der Waals surface area contributed by atoms with Crippen LogP contribution in [0.4, 0.5) is 28.4 Å². The standard InChI is InChI=1S/C13H21N5O4/c1-5-6-7-8-12(17(19)20)10(15-3)9(14-2)11(16-4)13(8)18(21)22/h14-16H,5-7H2,1-4H3. The van der Waals surface area contributed by atoms with Crippen LogP contribution >= 0.6 is 0 Å². The van der Waals surface area contributed by atoms with Gasteiger partial charge in [-0.25, -0.2) is 0 Å². The molecule has 0 unspecified atom stereocenters. The SMILES string of the molecule is CCCCc1c([N+](=O)[O-])c(NC)c(NC)c(NC)c1[N+](=O)[O-]. The van der Waals surface area contributed by atoms with Gasteiger partial charge < -0.3 is 16.0 Å². The van der Waals surface area contributed by atoms with Crippen molar-refractivity contribution in [3.63, 3.8) is 0 Å². The number of nitro groups is 2. The van der Waals surface area contributed by atoms with Crippen molar-refractivity contribution in [2.75, 3.05) is 37.1 Å². The monoisotopic (exact) mass is 311 g/mol. The molecule has 0 atom stereocenters. The fraction of sp³-hybridized carbons (Fsp3) is 0.538. The number of nitrogens with zero attached hydrogens (tertiary/aromatic N) is 2. The Morgan fingerprint density at radius 2 is 1.27 bits per heavy atom. The van der Waals surface area contributed by atoms with Crippen molar-refractivity contribution in [2.24, 2.45) is 0 Å². The zero-order chi connectivity index (χ0) is 16.9. The molecule has 122 valence electrons. The first-order valence-electron chi connectivity index (χ1n) is 6.99. The molecular formula is C13H21N5O4. The molecule has 0 heterocycles. The molecule has 0 fully saturated rings. The topological polar surface area (TPSA) is 122 Å². The first-order valence-corrected chi connectivity index (χ1v) is 6.99. The predicted molar refractivity (Wildman–Crippen MR) is 87.0 cm³/mol. The summed E-state index contributed by atoms with van der Waals surface area (Å²) in [6, 6.07) is 0. The third-order valence-corrected chi connectivity index (χ3v) is 3.44. The second-order valence-corrected chi connectivity index (χ2v) is 4.67. The molecule has 0 aliphatic carbocycles. The summed E-state index contributed by atoms with van der Waals surface area (Å²) in [4.78, 5) is 21.9. The van der Waals surface area contributed by atoms with Gasteiger partial charge in [0, 0.05) is 21.1 Å². The largest absolute Gasteiger partial charge is 0.384 e. The molecule has 1 aromatic carbocycles. The quantitative estimate of drug-likeness (QED) is 0.498. The number of rotatable bonds is 8. The Morgan fingerprint density at radius 3 is 1.55 bits per heavy atom. The van der Waals surface area contributed by atoms with Crippen molar-refractivity contribution in [1.82, 2.24) is 0 Å². The predicted octanol–water partition coefficient (Wildman–Crippen LogP) is 2.97. The van der Waals surface area contributed by atoms with Gasteiger partial charge >= 0.3 is 11.4 Å². The lowest BCUT2D eigenvalue weighted by atomic mass is 9.99. The number of hydrogen-bond donors (Lipinski definition) is 3. The molecule has 0 saturated heterocycles. The maximum atomic E-state index is 11.5. The summed E-state index contributed by atoms with van der Waals surface area (Å²) in [6.45, 7) is 1.93. The molecule has 0 aliphatic heterocycles. The number of hydrogen-bond acceptors (Lipinski definition) is 7. The Kier molecular flexibility index (Phi) is 5.90. The van der Waals surface area contributed by atoms with Crippen molar-refractivity contribution in [3.05, 3.63) is 25.8 Å². The average molecular weight is 311 g/mol. The van der Waals surface area contributed by atoms with E-state index in [0.717, 1.165) is 6.42 Å². The van der Waals surface area contributed by atoms with Crippen molar-refractivity contribution in [2.45, 2.75) is 26.2 Å². The maximum Gasteiger partial charge on any atom is 0.304 e. The summed E-state index contributed by atoms with van der Waals surface area (Å²) in [5, 5.41) is 31.4. The number of unbranched alkanes of at least 4 members (excludes halogenated alkanes) is 1. The fourth-order valence-electron chi connectivity index (χ4n) is 2.51. The molecule has 22 heavy (non-hydrogen) atoms.